The Labute approximate surface area is 68.9 Å². The van der Waals surface area contributed by atoms with Crippen molar-refractivity contribution < 1.29 is 9.53 Å². The van der Waals surface area contributed by atoms with Crippen LogP contribution >= 0.6 is 0 Å². The Bertz CT molecular complexity index is 138. The predicted octanol–water partition coefficient (Wildman–Crippen LogP) is 2.37. The third kappa shape index (κ3) is 2.91. The smallest absolute Gasteiger partial charge is 0.309 e. The van der Waals surface area contributed by atoms with E-state index in [0.29, 0.717) is 0 Å². The highest BCUT2D eigenvalue weighted by atomic mass is 16.6. The van der Waals surface area contributed by atoms with Crippen LogP contribution in [0.1, 0.15) is 41.0 Å². The minimum Gasteiger partial charge on any atom is -0.459 e. The fourth-order valence-corrected chi connectivity index (χ4v) is 1.24. The molecular formula is C9H18O2. The molecule has 1 aliphatic heterocycles. The molecule has 2 nitrogen and oxygen atoms in total. The summed E-state index contributed by atoms with van der Waals surface area (Å²) in [5.74, 6) is 0.0417. The van der Waals surface area contributed by atoms with Gasteiger partial charge in [0.2, 0.25) is 0 Å². The Morgan fingerprint density at radius 3 is 2.00 bits per heavy atom. The standard InChI is InChI=1S/C7H12O2.C2H6/c1-5-4-7(2,3)9-6(5)8;1-2/h5H,4H2,1-3H3;1-2H3. The molecule has 0 spiro atoms. The molecule has 1 aliphatic rings. The van der Waals surface area contributed by atoms with E-state index in [4.69, 9.17) is 4.74 Å². The monoisotopic (exact) mass is 158 g/mol. The largest absolute Gasteiger partial charge is 0.459 e. The Hall–Kier alpha value is -0.530. The van der Waals surface area contributed by atoms with E-state index in [2.05, 4.69) is 0 Å². The first-order chi connectivity index (χ1) is 5.01. The summed E-state index contributed by atoms with van der Waals surface area (Å²) < 4.78 is 5.02. The van der Waals surface area contributed by atoms with E-state index in [9.17, 15) is 4.79 Å². The number of carbonyl (C=O) groups is 1. The van der Waals surface area contributed by atoms with Crippen LogP contribution in [-0.4, -0.2) is 11.6 Å². The second-order valence-electron chi connectivity index (χ2n) is 3.29. The van der Waals surface area contributed by atoms with Crippen LogP contribution in [0.3, 0.4) is 0 Å². The predicted molar refractivity (Wildman–Crippen MR) is 45.3 cm³/mol. The second kappa shape index (κ2) is 3.74. The molecule has 1 saturated heterocycles. The maximum atomic E-state index is 10.8. The molecule has 0 saturated carbocycles. The third-order valence-corrected chi connectivity index (χ3v) is 1.58. The first-order valence-electron chi connectivity index (χ1n) is 4.24. The van der Waals surface area contributed by atoms with Crippen molar-refractivity contribution in [2.45, 2.75) is 46.6 Å². The van der Waals surface area contributed by atoms with Crippen LogP contribution in [0.25, 0.3) is 0 Å². The summed E-state index contributed by atoms with van der Waals surface area (Å²) in [6.07, 6.45) is 0.853. The summed E-state index contributed by atoms with van der Waals surface area (Å²) >= 11 is 0. The summed E-state index contributed by atoms with van der Waals surface area (Å²) in [5, 5.41) is 0. The van der Waals surface area contributed by atoms with Crippen LogP contribution in [0.2, 0.25) is 0 Å². The Morgan fingerprint density at radius 1 is 1.45 bits per heavy atom. The van der Waals surface area contributed by atoms with Crippen LogP contribution in [0, 0.1) is 5.92 Å². The highest BCUT2D eigenvalue weighted by Gasteiger charge is 2.36. The molecule has 11 heavy (non-hydrogen) atoms. The quantitative estimate of drug-likeness (QED) is 0.506. The van der Waals surface area contributed by atoms with Gasteiger partial charge in [-0.1, -0.05) is 20.8 Å². The third-order valence-electron chi connectivity index (χ3n) is 1.58. The molecule has 2 heteroatoms. The van der Waals surface area contributed by atoms with Gasteiger partial charge in [-0.05, 0) is 20.3 Å². The number of hydrogen-bond acceptors (Lipinski definition) is 2. The minimum absolute atomic E-state index is 0.0556. The van der Waals surface area contributed by atoms with Gasteiger partial charge < -0.3 is 4.74 Å². The molecule has 0 aromatic carbocycles. The number of ether oxygens (including phenoxy) is 1. The number of rotatable bonds is 0. The molecular weight excluding hydrogens is 140 g/mol. The van der Waals surface area contributed by atoms with Crippen molar-refractivity contribution in [2.75, 3.05) is 0 Å². The van der Waals surface area contributed by atoms with E-state index in [1.54, 1.807) is 0 Å². The molecule has 0 aliphatic carbocycles. The minimum atomic E-state index is -0.212. The van der Waals surface area contributed by atoms with Gasteiger partial charge in [0.05, 0.1) is 5.92 Å². The Kier molecular flexibility index (Phi) is 3.56. The number of esters is 1. The topological polar surface area (TPSA) is 26.3 Å². The molecule has 1 unspecified atom stereocenters. The van der Waals surface area contributed by atoms with E-state index in [1.807, 2.05) is 34.6 Å². The van der Waals surface area contributed by atoms with Gasteiger partial charge in [0.1, 0.15) is 5.60 Å². The molecule has 0 amide bonds. The molecule has 0 aromatic heterocycles. The van der Waals surface area contributed by atoms with E-state index >= 15 is 0 Å². The number of cyclic esters (lactones) is 1. The lowest BCUT2D eigenvalue weighted by atomic mass is 9.99. The van der Waals surface area contributed by atoms with E-state index in [0.717, 1.165) is 6.42 Å². The van der Waals surface area contributed by atoms with E-state index in [1.165, 1.54) is 0 Å². The average Bonchev–Trinajstić information content (AvgIpc) is 2.10. The van der Waals surface area contributed by atoms with Crippen molar-refractivity contribution in [3.63, 3.8) is 0 Å². The molecule has 0 N–H and O–H groups in total. The Balaban J connectivity index is 0.000000461. The van der Waals surface area contributed by atoms with Gasteiger partial charge in [-0.3, -0.25) is 4.79 Å². The summed E-state index contributed by atoms with van der Waals surface area (Å²) in [5.41, 5.74) is -0.212. The van der Waals surface area contributed by atoms with Gasteiger partial charge >= 0.3 is 5.97 Å². The van der Waals surface area contributed by atoms with Gasteiger partial charge in [-0.2, -0.15) is 0 Å². The SMILES string of the molecule is CC.CC1CC(C)(C)OC1=O. The molecule has 1 fully saturated rings. The zero-order valence-corrected chi connectivity index (χ0v) is 8.10. The van der Waals surface area contributed by atoms with Gasteiger partial charge in [0, 0.05) is 0 Å². The van der Waals surface area contributed by atoms with E-state index in [-0.39, 0.29) is 17.5 Å². The summed E-state index contributed by atoms with van der Waals surface area (Å²) in [4.78, 5) is 10.8. The highest BCUT2D eigenvalue weighted by molar-refractivity contribution is 5.74. The molecule has 66 valence electrons. The molecule has 1 rings (SSSR count). The zero-order chi connectivity index (χ0) is 9.07. The average molecular weight is 158 g/mol. The molecule has 0 radical (unpaired) electrons. The van der Waals surface area contributed by atoms with Crippen molar-refractivity contribution in [1.29, 1.82) is 0 Å². The molecule has 0 bridgehead atoms. The zero-order valence-electron chi connectivity index (χ0n) is 8.10. The van der Waals surface area contributed by atoms with Gasteiger partial charge in [0.25, 0.3) is 0 Å². The normalized spacial score (nSPS) is 27.0. The fraction of sp³-hybridized carbons (Fsp3) is 0.889. The van der Waals surface area contributed by atoms with Crippen LogP contribution in [0.15, 0.2) is 0 Å². The molecule has 1 heterocycles. The maximum Gasteiger partial charge on any atom is 0.309 e. The van der Waals surface area contributed by atoms with Gasteiger partial charge in [-0.25, -0.2) is 0 Å². The lowest BCUT2D eigenvalue weighted by Crippen LogP contribution is -2.17. The lowest BCUT2D eigenvalue weighted by Gasteiger charge is -2.14. The van der Waals surface area contributed by atoms with E-state index < -0.39 is 0 Å². The van der Waals surface area contributed by atoms with Crippen molar-refractivity contribution >= 4 is 5.97 Å². The van der Waals surface area contributed by atoms with Gasteiger partial charge in [0.15, 0.2) is 0 Å². The highest BCUT2D eigenvalue weighted by Crippen LogP contribution is 2.29. The molecule has 0 aromatic rings. The summed E-state index contributed by atoms with van der Waals surface area (Å²) in [6.45, 7) is 9.78. The summed E-state index contributed by atoms with van der Waals surface area (Å²) in [6, 6.07) is 0. The first-order valence-corrected chi connectivity index (χ1v) is 4.24. The van der Waals surface area contributed by atoms with Crippen LogP contribution in [0.5, 0.6) is 0 Å². The molecule has 1 atom stereocenters. The lowest BCUT2D eigenvalue weighted by molar-refractivity contribution is -0.148. The van der Waals surface area contributed by atoms with Crippen molar-refractivity contribution in [2.24, 2.45) is 5.92 Å². The first kappa shape index (κ1) is 10.5. The van der Waals surface area contributed by atoms with Crippen LogP contribution < -0.4 is 0 Å². The van der Waals surface area contributed by atoms with Crippen LogP contribution in [-0.2, 0) is 9.53 Å². The second-order valence-corrected chi connectivity index (χ2v) is 3.29. The summed E-state index contributed by atoms with van der Waals surface area (Å²) in [7, 11) is 0. The number of carbonyl (C=O) groups excluding carboxylic acids is 1. The van der Waals surface area contributed by atoms with Crippen LogP contribution in [0.4, 0.5) is 0 Å². The van der Waals surface area contributed by atoms with Gasteiger partial charge in [-0.15, -0.1) is 0 Å². The number of hydrogen-bond donors (Lipinski definition) is 0. The maximum absolute atomic E-state index is 10.8. The van der Waals surface area contributed by atoms with Crippen molar-refractivity contribution in [3.05, 3.63) is 0 Å². The van der Waals surface area contributed by atoms with Crippen molar-refractivity contribution in [1.82, 2.24) is 0 Å². The fourth-order valence-electron chi connectivity index (χ4n) is 1.24. The van der Waals surface area contributed by atoms with Crippen molar-refractivity contribution in [3.8, 4) is 0 Å². The Morgan fingerprint density at radius 2 is 1.91 bits per heavy atom.